The second-order valence-electron chi connectivity index (χ2n) is 6.68. The molecule has 0 bridgehead atoms. The molecule has 0 heterocycles. The molecule has 0 spiro atoms. The Bertz CT molecular complexity index is 604. The van der Waals surface area contributed by atoms with Crippen LogP contribution >= 0.6 is 0 Å². The molecule has 0 aliphatic heterocycles. The van der Waals surface area contributed by atoms with E-state index in [0.717, 1.165) is 25.7 Å². The maximum atomic E-state index is 14.1. The first kappa shape index (κ1) is 18.2. The van der Waals surface area contributed by atoms with Crippen LogP contribution in [0.2, 0.25) is 0 Å². The molecular weight excluding hydrogens is 311 g/mol. The molecule has 0 saturated heterocycles. The van der Waals surface area contributed by atoms with Gasteiger partial charge in [-0.2, -0.15) is 0 Å². The first-order chi connectivity index (χ1) is 11.4. The van der Waals surface area contributed by atoms with E-state index in [1.165, 1.54) is 17.0 Å². The van der Waals surface area contributed by atoms with E-state index >= 15 is 0 Å². The minimum absolute atomic E-state index is 0.0539. The summed E-state index contributed by atoms with van der Waals surface area (Å²) in [5.41, 5.74) is 0.143. The Morgan fingerprint density at radius 3 is 2.71 bits per heavy atom. The first-order valence-corrected chi connectivity index (χ1v) is 8.30. The molecule has 1 aromatic carbocycles. The fourth-order valence-corrected chi connectivity index (χ4v) is 2.87. The third kappa shape index (κ3) is 4.94. The maximum absolute atomic E-state index is 14.1. The molecule has 1 N–H and O–H groups in total. The summed E-state index contributed by atoms with van der Waals surface area (Å²) >= 11 is 0. The normalized spacial score (nSPS) is 20.3. The van der Waals surface area contributed by atoms with Gasteiger partial charge in [-0.05, 0) is 30.9 Å². The van der Waals surface area contributed by atoms with Gasteiger partial charge in [-0.3, -0.25) is 9.59 Å². The molecule has 132 valence electrons. The molecule has 0 aromatic heterocycles. The molecule has 6 heteroatoms. The number of rotatable bonds is 5. The second kappa shape index (κ2) is 8.13. The molecule has 0 radical (unpaired) electrons. The summed E-state index contributed by atoms with van der Waals surface area (Å²) < 4.78 is 19.4. The number of anilines is 1. The molecule has 1 fully saturated rings. The molecule has 5 nitrogen and oxygen atoms in total. The predicted octanol–water partition coefficient (Wildman–Crippen LogP) is 3.06. The van der Waals surface area contributed by atoms with E-state index in [0.29, 0.717) is 5.92 Å². The van der Waals surface area contributed by atoms with Gasteiger partial charge in [0.05, 0.1) is 5.69 Å². The van der Waals surface area contributed by atoms with E-state index in [9.17, 15) is 14.0 Å². The van der Waals surface area contributed by atoms with Crippen LogP contribution in [0.3, 0.4) is 0 Å². The number of nitrogens with one attached hydrogen (secondary N) is 1. The van der Waals surface area contributed by atoms with Crippen molar-refractivity contribution in [2.24, 2.45) is 11.8 Å². The van der Waals surface area contributed by atoms with Gasteiger partial charge < -0.3 is 15.0 Å². The molecule has 1 aliphatic carbocycles. The van der Waals surface area contributed by atoms with Crippen molar-refractivity contribution in [1.29, 1.82) is 0 Å². The molecule has 2 atom stereocenters. The quantitative estimate of drug-likeness (QED) is 0.899. The van der Waals surface area contributed by atoms with Crippen molar-refractivity contribution in [2.75, 3.05) is 26.0 Å². The van der Waals surface area contributed by atoms with E-state index in [2.05, 4.69) is 12.2 Å². The van der Waals surface area contributed by atoms with Crippen molar-refractivity contribution >= 4 is 17.5 Å². The number of hydrogen-bond acceptors (Lipinski definition) is 3. The number of benzene rings is 1. The van der Waals surface area contributed by atoms with Gasteiger partial charge in [-0.15, -0.1) is 0 Å². The summed E-state index contributed by atoms with van der Waals surface area (Å²) in [6.07, 6.45) is 3.89. The fourth-order valence-electron chi connectivity index (χ4n) is 2.87. The van der Waals surface area contributed by atoms with Crippen molar-refractivity contribution in [3.8, 4) is 5.75 Å². The van der Waals surface area contributed by atoms with Gasteiger partial charge in [0.15, 0.2) is 6.61 Å². The Balaban J connectivity index is 1.94. The average molecular weight is 336 g/mol. The molecule has 1 saturated carbocycles. The standard InChI is InChI=1S/C18H25FN2O3/c1-12-5-4-6-13(9-12)18(23)20-16-8-7-14(10-15(16)19)24-11-17(22)21(2)3/h7-8,10,12-13H,4-6,9,11H2,1-3H3,(H,20,23)/t12-,13-/m1/s1. The van der Waals surface area contributed by atoms with E-state index in [-0.39, 0.29) is 35.8 Å². The van der Waals surface area contributed by atoms with Crippen LogP contribution in [0.1, 0.15) is 32.6 Å². The highest BCUT2D eigenvalue weighted by Gasteiger charge is 2.25. The zero-order chi connectivity index (χ0) is 17.7. The lowest BCUT2D eigenvalue weighted by molar-refractivity contribution is -0.130. The number of carbonyl (C=O) groups excluding carboxylic acids is 2. The highest BCUT2D eigenvalue weighted by molar-refractivity contribution is 5.92. The highest BCUT2D eigenvalue weighted by Crippen LogP contribution is 2.30. The molecule has 1 aliphatic rings. The van der Waals surface area contributed by atoms with Gasteiger partial charge in [-0.1, -0.05) is 19.8 Å². The lowest BCUT2D eigenvalue weighted by atomic mass is 9.82. The summed E-state index contributed by atoms with van der Waals surface area (Å²) in [7, 11) is 3.24. The van der Waals surface area contributed by atoms with Gasteiger partial charge in [-0.25, -0.2) is 4.39 Å². The van der Waals surface area contributed by atoms with Crippen molar-refractivity contribution < 1.29 is 18.7 Å². The number of amides is 2. The Morgan fingerprint density at radius 1 is 1.33 bits per heavy atom. The predicted molar refractivity (Wildman–Crippen MR) is 90.3 cm³/mol. The van der Waals surface area contributed by atoms with E-state index < -0.39 is 5.82 Å². The van der Waals surface area contributed by atoms with Gasteiger partial charge in [0, 0.05) is 26.1 Å². The number of carbonyl (C=O) groups is 2. The monoisotopic (exact) mass is 336 g/mol. The van der Waals surface area contributed by atoms with Crippen molar-refractivity contribution in [1.82, 2.24) is 4.90 Å². The topological polar surface area (TPSA) is 58.6 Å². The van der Waals surface area contributed by atoms with Crippen molar-refractivity contribution in [3.63, 3.8) is 0 Å². The fraction of sp³-hybridized carbons (Fsp3) is 0.556. The van der Waals surface area contributed by atoms with Crippen molar-refractivity contribution in [3.05, 3.63) is 24.0 Å². The van der Waals surface area contributed by atoms with E-state index in [1.54, 1.807) is 20.2 Å². The Hall–Kier alpha value is -2.11. The third-order valence-corrected chi connectivity index (χ3v) is 4.37. The average Bonchev–Trinajstić information content (AvgIpc) is 2.54. The number of nitrogens with zero attached hydrogens (tertiary/aromatic N) is 1. The number of ether oxygens (including phenoxy) is 1. The summed E-state index contributed by atoms with van der Waals surface area (Å²) in [6.45, 7) is 1.99. The third-order valence-electron chi connectivity index (χ3n) is 4.37. The minimum Gasteiger partial charge on any atom is -0.484 e. The minimum atomic E-state index is -0.568. The molecular formula is C18H25FN2O3. The molecule has 0 unspecified atom stereocenters. The van der Waals surface area contributed by atoms with E-state index in [1.807, 2.05) is 0 Å². The highest BCUT2D eigenvalue weighted by atomic mass is 19.1. The summed E-state index contributed by atoms with van der Waals surface area (Å²) in [5, 5.41) is 2.67. The number of halogens is 1. The van der Waals surface area contributed by atoms with Gasteiger partial charge >= 0.3 is 0 Å². The van der Waals surface area contributed by atoms with Crippen LogP contribution in [0.4, 0.5) is 10.1 Å². The Morgan fingerprint density at radius 2 is 2.08 bits per heavy atom. The van der Waals surface area contributed by atoms with Crippen LogP contribution < -0.4 is 10.1 Å². The van der Waals surface area contributed by atoms with Gasteiger partial charge in [0.25, 0.3) is 5.91 Å². The lowest BCUT2D eigenvalue weighted by Gasteiger charge is -2.25. The Kier molecular flexibility index (Phi) is 6.17. The second-order valence-corrected chi connectivity index (χ2v) is 6.68. The SMILES string of the molecule is C[C@@H]1CCC[C@@H](C(=O)Nc2ccc(OCC(=O)N(C)C)cc2F)C1. The van der Waals surface area contributed by atoms with Crippen LogP contribution in [-0.2, 0) is 9.59 Å². The maximum Gasteiger partial charge on any atom is 0.259 e. The zero-order valence-corrected chi connectivity index (χ0v) is 14.5. The Labute approximate surface area is 142 Å². The largest absolute Gasteiger partial charge is 0.484 e. The summed E-state index contributed by atoms with van der Waals surface area (Å²) in [6, 6.07) is 4.20. The molecule has 1 aromatic rings. The van der Waals surface area contributed by atoms with Gasteiger partial charge in [0.1, 0.15) is 11.6 Å². The zero-order valence-electron chi connectivity index (χ0n) is 14.5. The van der Waals surface area contributed by atoms with Crippen LogP contribution in [0.15, 0.2) is 18.2 Å². The van der Waals surface area contributed by atoms with Crippen LogP contribution in [0.25, 0.3) is 0 Å². The number of hydrogen-bond donors (Lipinski definition) is 1. The summed E-state index contributed by atoms with van der Waals surface area (Å²) in [5.74, 6) is -0.170. The molecule has 24 heavy (non-hydrogen) atoms. The lowest BCUT2D eigenvalue weighted by Crippen LogP contribution is -2.28. The molecule has 2 rings (SSSR count). The smallest absolute Gasteiger partial charge is 0.259 e. The van der Waals surface area contributed by atoms with Gasteiger partial charge in [0.2, 0.25) is 5.91 Å². The number of likely N-dealkylation sites (N-methyl/N-ethyl adjacent to an activating group) is 1. The van der Waals surface area contributed by atoms with Crippen LogP contribution in [0.5, 0.6) is 5.75 Å². The molecule has 2 amide bonds. The van der Waals surface area contributed by atoms with Crippen LogP contribution in [-0.4, -0.2) is 37.4 Å². The first-order valence-electron chi connectivity index (χ1n) is 8.30. The van der Waals surface area contributed by atoms with E-state index in [4.69, 9.17) is 4.74 Å². The summed E-state index contributed by atoms with van der Waals surface area (Å²) in [4.78, 5) is 25.1. The van der Waals surface area contributed by atoms with Crippen molar-refractivity contribution in [2.45, 2.75) is 32.6 Å². The van der Waals surface area contributed by atoms with Crippen LogP contribution in [0, 0.1) is 17.7 Å².